The van der Waals surface area contributed by atoms with Gasteiger partial charge in [0, 0.05) is 6.54 Å². The van der Waals surface area contributed by atoms with Crippen LogP contribution in [0.5, 0.6) is 5.75 Å². The zero-order chi connectivity index (χ0) is 13.5. The summed E-state index contributed by atoms with van der Waals surface area (Å²) in [6, 6.07) is 5.01. The number of imide groups is 1. The fraction of sp³-hybridized carbons (Fsp3) is 0.333. The first kappa shape index (κ1) is 14.5. The largest absolute Gasteiger partial charge is 0.483 e. The maximum atomic E-state index is 11.4. The Labute approximate surface area is 114 Å². The molecule has 2 N–H and O–H groups in total. The van der Waals surface area contributed by atoms with Gasteiger partial charge in [-0.3, -0.25) is 10.1 Å². The van der Waals surface area contributed by atoms with Gasteiger partial charge in [0.05, 0.1) is 4.47 Å². The topological polar surface area (TPSA) is 67.4 Å². The molecule has 0 atom stereocenters. The van der Waals surface area contributed by atoms with E-state index >= 15 is 0 Å². The molecule has 5 nitrogen and oxygen atoms in total. The van der Waals surface area contributed by atoms with Crippen LogP contribution in [0.25, 0.3) is 0 Å². The van der Waals surface area contributed by atoms with Gasteiger partial charge in [-0.25, -0.2) is 4.79 Å². The van der Waals surface area contributed by atoms with Crippen molar-refractivity contribution in [3.63, 3.8) is 0 Å². The van der Waals surface area contributed by atoms with Crippen LogP contribution in [-0.2, 0) is 4.79 Å². The number of halogens is 1. The average molecular weight is 315 g/mol. The molecule has 0 saturated heterocycles. The summed E-state index contributed by atoms with van der Waals surface area (Å²) in [5.74, 6) is 0.0695. The first-order valence-corrected chi connectivity index (χ1v) is 6.29. The van der Waals surface area contributed by atoms with E-state index in [1.54, 1.807) is 13.0 Å². The van der Waals surface area contributed by atoms with Crippen molar-refractivity contribution in [3.8, 4) is 5.75 Å². The van der Waals surface area contributed by atoms with E-state index in [0.29, 0.717) is 12.3 Å². The highest BCUT2D eigenvalue weighted by atomic mass is 79.9. The summed E-state index contributed by atoms with van der Waals surface area (Å²) in [6.07, 6.45) is 0. The van der Waals surface area contributed by atoms with Gasteiger partial charge in [-0.2, -0.15) is 0 Å². The molecular formula is C12H15BrN2O3. The quantitative estimate of drug-likeness (QED) is 0.893. The van der Waals surface area contributed by atoms with Gasteiger partial charge >= 0.3 is 6.03 Å². The van der Waals surface area contributed by atoms with Gasteiger partial charge in [0.15, 0.2) is 6.61 Å². The molecule has 3 amide bonds. The zero-order valence-electron chi connectivity index (χ0n) is 10.2. The maximum Gasteiger partial charge on any atom is 0.321 e. The number of nitrogens with one attached hydrogen (secondary N) is 2. The van der Waals surface area contributed by atoms with E-state index in [-0.39, 0.29) is 6.61 Å². The zero-order valence-corrected chi connectivity index (χ0v) is 11.8. The SMILES string of the molecule is CCNC(=O)NC(=O)COc1ccc(C)cc1Br. The van der Waals surface area contributed by atoms with Crippen LogP contribution in [0.4, 0.5) is 4.79 Å². The van der Waals surface area contributed by atoms with Gasteiger partial charge in [0.25, 0.3) is 5.91 Å². The summed E-state index contributed by atoms with van der Waals surface area (Å²) in [5, 5.41) is 4.61. The number of carbonyl (C=O) groups excluding carboxylic acids is 2. The molecule has 0 heterocycles. The summed E-state index contributed by atoms with van der Waals surface area (Å²) < 4.78 is 6.07. The first-order chi connectivity index (χ1) is 8.52. The lowest BCUT2D eigenvalue weighted by Gasteiger charge is -2.09. The number of carbonyl (C=O) groups is 2. The number of urea groups is 1. The molecule has 0 aromatic heterocycles. The molecule has 0 bridgehead atoms. The van der Waals surface area contributed by atoms with Crippen molar-refractivity contribution < 1.29 is 14.3 Å². The van der Waals surface area contributed by atoms with Crippen molar-refractivity contribution in [2.45, 2.75) is 13.8 Å². The maximum absolute atomic E-state index is 11.4. The van der Waals surface area contributed by atoms with E-state index in [4.69, 9.17) is 4.74 Å². The second kappa shape index (κ2) is 7.00. The molecule has 1 aromatic rings. The van der Waals surface area contributed by atoms with E-state index in [1.165, 1.54) is 0 Å². The molecule has 6 heteroatoms. The molecule has 98 valence electrons. The minimum Gasteiger partial charge on any atom is -0.483 e. The Balaban J connectivity index is 2.45. The Kier molecular flexibility index (Phi) is 5.64. The van der Waals surface area contributed by atoms with Crippen LogP contribution in [0.2, 0.25) is 0 Å². The molecule has 0 aliphatic rings. The van der Waals surface area contributed by atoms with Gasteiger partial charge in [-0.05, 0) is 47.5 Å². The van der Waals surface area contributed by atoms with Crippen LogP contribution in [0.1, 0.15) is 12.5 Å². The van der Waals surface area contributed by atoms with Gasteiger partial charge in [-0.1, -0.05) is 6.07 Å². The van der Waals surface area contributed by atoms with Crippen molar-refractivity contribution >= 4 is 27.9 Å². The molecule has 0 unspecified atom stereocenters. The molecular weight excluding hydrogens is 300 g/mol. The molecule has 18 heavy (non-hydrogen) atoms. The number of aryl methyl sites for hydroxylation is 1. The Bertz CT molecular complexity index is 449. The molecule has 1 rings (SSSR count). The minimum atomic E-state index is -0.519. The van der Waals surface area contributed by atoms with Crippen LogP contribution in [0.15, 0.2) is 22.7 Å². The average Bonchev–Trinajstić information content (AvgIpc) is 2.28. The van der Waals surface area contributed by atoms with Gasteiger partial charge in [0.1, 0.15) is 5.75 Å². The van der Waals surface area contributed by atoms with Gasteiger partial charge < -0.3 is 10.1 Å². The Morgan fingerprint density at radius 1 is 1.39 bits per heavy atom. The summed E-state index contributed by atoms with van der Waals surface area (Å²) >= 11 is 3.34. The number of ether oxygens (including phenoxy) is 1. The van der Waals surface area contributed by atoms with Crippen LogP contribution in [0, 0.1) is 6.92 Å². The van der Waals surface area contributed by atoms with E-state index in [1.807, 2.05) is 19.1 Å². The van der Waals surface area contributed by atoms with Crippen molar-refractivity contribution in [1.82, 2.24) is 10.6 Å². The summed E-state index contributed by atoms with van der Waals surface area (Å²) in [7, 11) is 0. The third-order valence-corrected chi connectivity index (χ3v) is 2.66. The van der Waals surface area contributed by atoms with Crippen LogP contribution in [0.3, 0.4) is 0 Å². The Morgan fingerprint density at radius 2 is 2.11 bits per heavy atom. The Morgan fingerprint density at radius 3 is 2.72 bits per heavy atom. The van der Waals surface area contributed by atoms with Crippen LogP contribution in [-0.4, -0.2) is 25.1 Å². The summed E-state index contributed by atoms with van der Waals surface area (Å²) in [4.78, 5) is 22.4. The lowest BCUT2D eigenvalue weighted by Crippen LogP contribution is -2.41. The molecule has 0 spiro atoms. The van der Waals surface area contributed by atoms with E-state index in [2.05, 4.69) is 26.6 Å². The molecule has 1 aromatic carbocycles. The molecule has 0 fully saturated rings. The minimum absolute atomic E-state index is 0.210. The van der Waals surface area contributed by atoms with Gasteiger partial charge in [0.2, 0.25) is 0 Å². The van der Waals surface area contributed by atoms with Crippen LogP contribution < -0.4 is 15.4 Å². The summed E-state index contributed by atoms with van der Waals surface area (Å²) in [6.45, 7) is 3.97. The summed E-state index contributed by atoms with van der Waals surface area (Å²) in [5.41, 5.74) is 1.08. The van der Waals surface area contributed by atoms with Crippen molar-refractivity contribution in [2.75, 3.05) is 13.2 Å². The van der Waals surface area contributed by atoms with Crippen molar-refractivity contribution in [3.05, 3.63) is 28.2 Å². The monoisotopic (exact) mass is 314 g/mol. The normalized spacial score (nSPS) is 9.72. The highest BCUT2D eigenvalue weighted by Crippen LogP contribution is 2.25. The van der Waals surface area contributed by atoms with Crippen molar-refractivity contribution in [1.29, 1.82) is 0 Å². The number of hydrogen-bond acceptors (Lipinski definition) is 3. The number of hydrogen-bond donors (Lipinski definition) is 2. The second-order valence-electron chi connectivity index (χ2n) is 3.63. The lowest BCUT2D eigenvalue weighted by atomic mass is 10.2. The molecule has 0 saturated carbocycles. The molecule has 0 aliphatic carbocycles. The van der Waals surface area contributed by atoms with E-state index in [9.17, 15) is 9.59 Å². The molecule has 0 radical (unpaired) electrons. The van der Waals surface area contributed by atoms with Crippen LogP contribution >= 0.6 is 15.9 Å². The first-order valence-electron chi connectivity index (χ1n) is 5.49. The van der Waals surface area contributed by atoms with Gasteiger partial charge in [-0.15, -0.1) is 0 Å². The third kappa shape index (κ3) is 4.75. The smallest absolute Gasteiger partial charge is 0.321 e. The predicted molar refractivity (Wildman–Crippen MR) is 71.6 cm³/mol. The van der Waals surface area contributed by atoms with E-state index in [0.717, 1.165) is 10.0 Å². The predicted octanol–water partition coefficient (Wildman–Crippen LogP) is 1.98. The Hall–Kier alpha value is -1.56. The highest BCUT2D eigenvalue weighted by molar-refractivity contribution is 9.10. The number of amides is 3. The third-order valence-electron chi connectivity index (χ3n) is 2.04. The second-order valence-corrected chi connectivity index (χ2v) is 4.48. The fourth-order valence-corrected chi connectivity index (χ4v) is 1.84. The van der Waals surface area contributed by atoms with Crippen molar-refractivity contribution in [2.24, 2.45) is 0 Å². The lowest BCUT2D eigenvalue weighted by molar-refractivity contribution is -0.122. The van der Waals surface area contributed by atoms with E-state index < -0.39 is 11.9 Å². The standard InChI is InChI=1S/C12H15BrN2O3/c1-3-14-12(17)15-11(16)7-18-10-5-4-8(2)6-9(10)13/h4-6H,3,7H2,1-2H3,(H2,14,15,16,17). The fourth-order valence-electron chi connectivity index (χ4n) is 1.23. The number of rotatable bonds is 4. The highest BCUT2D eigenvalue weighted by Gasteiger charge is 2.08. The number of benzene rings is 1. The molecule has 0 aliphatic heterocycles.